The van der Waals surface area contributed by atoms with E-state index in [1.54, 1.807) is 24.3 Å². The van der Waals surface area contributed by atoms with Gasteiger partial charge in [-0.2, -0.15) is 0 Å². The molecule has 3 N–H and O–H groups in total. The normalized spacial score (nSPS) is 11.1. The molecule has 1 rings (SSSR count). The average Bonchev–Trinajstić information content (AvgIpc) is 2.29. The van der Waals surface area contributed by atoms with E-state index in [0.717, 1.165) is 5.56 Å². The molecular weight excluding hydrogens is 242 g/mol. The van der Waals surface area contributed by atoms with E-state index in [2.05, 4.69) is 6.58 Å². The summed E-state index contributed by atoms with van der Waals surface area (Å²) in [4.78, 5) is 11.3. The number of aromatic hydroxyl groups is 1. The molecule has 0 aliphatic carbocycles. The van der Waals surface area contributed by atoms with Crippen LogP contribution < -0.4 is 5.73 Å². The molecule has 1 aromatic carbocycles. The van der Waals surface area contributed by atoms with Crippen LogP contribution >= 0.6 is 12.4 Å². The van der Waals surface area contributed by atoms with Gasteiger partial charge in [-0.25, -0.2) is 0 Å². The maximum Gasteiger partial charge on any atom is 0.323 e. The van der Waals surface area contributed by atoms with Crippen molar-refractivity contribution in [3.05, 3.63) is 42.5 Å². The first-order chi connectivity index (χ1) is 7.63. The van der Waals surface area contributed by atoms with Crippen molar-refractivity contribution in [2.45, 2.75) is 12.5 Å². The minimum Gasteiger partial charge on any atom is -0.508 e. The van der Waals surface area contributed by atoms with E-state index in [-0.39, 0.29) is 24.8 Å². The summed E-state index contributed by atoms with van der Waals surface area (Å²) in [5, 5.41) is 9.08. The Morgan fingerprint density at radius 1 is 1.47 bits per heavy atom. The quantitative estimate of drug-likeness (QED) is 0.618. The Balaban J connectivity index is 0.00000256. The van der Waals surface area contributed by atoms with Crippen molar-refractivity contribution < 1.29 is 14.6 Å². The Labute approximate surface area is 106 Å². The summed E-state index contributed by atoms with van der Waals surface area (Å²) >= 11 is 0. The van der Waals surface area contributed by atoms with Crippen LogP contribution in [-0.4, -0.2) is 23.7 Å². The van der Waals surface area contributed by atoms with Crippen molar-refractivity contribution in [2.24, 2.45) is 5.73 Å². The zero-order valence-electron chi connectivity index (χ0n) is 9.33. The summed E-state index contributed by atoms with van der Waals surface area (Å²) in [5.41, 5.74) is 6.53. The van der Waals surface area contributed by atoms with Crippen LogP contribution in [0.25, 0.3) is 0 Å². The Morgan fingerprint density at radius 2 is 2.06 bits per heavy atom. The standard InChI is InChI=1S/C12H15NO3.ClH/c1-2-7-16-12(15)11(13)8-9-3-5-10(14)6-4-9;/h2-6,11,14H,1,7-8,13H2;1H/t11-;/m0./s1. The Hall–Kier alpha value is -1.52. The number of phenolic OH excluding ortho intramolecular Hbond substituents is 1. The molecule has 0 spiro atoms. The molecule has 0 radical (unpaired) electrons. The first-order valence-electron chi connectivity index (χ1n) is 4.94. The zero-order chi connectivity index (χ0) is 12.0. The van der Waals surface area contributed by atoms with Crippen LogP contribution in [0, 0.1) is 0 Å². The lowest BCUT2D eigenvalue weighted by atomic mass is 10.1. The highest BCUT2D eigenvalue weighted by Crippen LogP contribution is 2.11. The van der Waals surface area contributed by atoms with Crippen molar-refractivity contribution in [3.8, 4) is 5.75 Å². The van der Waals surface area contributed by atoms with Gasteiger partial charge in [0.05, 0.1) is 0 Å². The maximum atomic E-state index is 11.3. The first kappa shape index (κ1) is 15.5. The lowest BCUT2D eigenvalue weighted by Gasteiger charge is -2.10. The Morgan fingerprint density at radius 3 is 2.59 bits per heavy atom. The number of esters is 1. The van der Waals surface area contributed by atoms with Crippen molar-refractivity contribution >= 4 is 18.4 Å². The smallest absolute Gasteiger partial charge is 0.323 e. The van der Waals surface area contributed by atoms with Gasteiger partial charge >= 0.3 is 5.97 Å². The minimum atomic E-state index is -0.690. The largest absolute Gasteiger partial charge is 0.508 e. The number of hydrogen-bond donors (Lipinski definition) is 2. The second-order valence-electron chi connectivity index (χ2n) is 3.40. The molecule has 1 aromatic rings. The van der Waals surface area contributed by atoms with Gasteiger partial charge in [0.15, 0.2) is 0 Å². The van der Waals surface area contributed by atoms with Crippen molar-refractivity contribution in [3.63, 3.8) is 0 Å². The summed E-state index contributed by atoms with van der Waals surface area (Å²) in [6.07, 6.45) is 1.88. The van der Waals surface area contributed by atoms with Gasteiger partial charge in [-0.05, 0) is 24.1 Å². The Kier molecular flexibility index (Phi) is 7.02. The monoisotopic (exact) mass is 257 g/mol. The summed E-state index contributed by atoms with van der Waals surface area (Å²) in [6.45, 7) is 3.61. The second kappa shape index (κ2) is 7.70. The van der Waals surface area contributed by atoms with E-state index in [0.29, 0.717) is 6.42 Å². The fourth-order valence-corrected chi connectivity index (χ4v) is 1.22. The summed E-state index contributed by atoms with van der Waals surface area (Å²) in [5.74, 6) is -0.264. The average molecular weight is 258 g/mol. The third kappa shape index (κ3) is 5.38. The van der Waals surface area contributed by atoms with E-state index in [9.17, 15) is 4.79 Å². The fourth-order valence-electron chi connectivity index (χ4n) is 1.22. The molecule has 0 saturated carbocycles. The predicted molar refractivity (Wildman–Crippen MR) is 68.2 cm³/mol. The number of rotatable bonds is 5. The number of halogens is 1. The molecule has 4 nitrogen and oxygen atoms in total. The van der Waals surface area contributed by atoms with Gasteiger partial charge in [-0.3, -0.25) is 4.79 Å². The Bertz CT molecular complexity index is 365. The highest BCUT2D eigenvalue weighted by Gasteiger charge is 2.14. The van der Waals surface area contributed by atoms with Gasteiger partial charge in [-0.15, -0.1) is 12.4 Å². The highest BCUT2D eigenvalue weighted by molar-refractivity contribution is 5.85. The van der Waals surface area contributed by atoms with E-state index in [1.165, 1.54) is 6.08 Å². The summed E-state index contributed by atoms with van der Waals surface area (Å²) in [7, 11) is 0. The maximum absolute atomic E-state index is 11.3. The molecule has 0 bridgehead atoms. The fraction of sp³-hybridized carbons (Fsp3) is 0.250. The lowest BCUT2D eigenvalue weighted by Crippen LogP contribution is -2.34. The molecular formula is C12H16ClNO3. The highest BCUT2D eigenvalue weighted by atomic mass is 35.5. The molecule has 0 fully saturated rings. The number of phenols is 1. The van der Waals surface area contributed by atoms with Gasteiger partial charge < -0.3 is 15.6 Å². The number of carbonyl (C=O) groups excluding carboxylic acids is 1. The van der Waals surface area contributed by atoms with Crippen LogP contribution in [0.5, 0.6) is 5.75 Å². The zero-order valence-corrected chi connectivity index (χ0v) is 10.2. The summed E-state index contributed by atoms with van der Waals surface area (Å²) < 4.78 is 4.82. The molecule has 0 aliphatic rings. The SMILES string of the molecule is C=CCOC(=O)[C@@H](N)Cc1ccc(O)cc1.Cl. The van der Waals surface area contributed by atoms with Gasteiger partial charge in [0.1, 0.15) is 18.4 Å². The molecule has 0 aromatic heterocycles. The molecule has 0 aliphatic heterocycles. The van der Waals surface area contributed by atoms with E-state index < -0.39 is 12.0 Å². The number of hydrogen-bond acceptors (Lipinski definition) is 4. The lowest BCUT2D eigenvalue weighted by molar-refractivity contribution is -0.143. The topological polar surface area (TPSA) is 72.5 Å². The van der Waals surface area contributed by atoms with E-state index >= 15 is 0 Å². The number of nitrogens with two attached hydrogens (primary N) is 1. The minimum absolute atomic E-state index is 0. The molecule has 94 valence electrons. The molecule has 0 heterocycles. The van der Waals surface area contributed by atoms with Crippen LogP contribution in [0.2, 0.25) is 0 Å². The predicted octanol–water partition coefficient (Wildman–Crippen LogP) is 1.41. The van der Waals surface area contributed by atoms with Crippen LogP contribution in [0.1, 0.15) is 5.56 Å². The van der Waals surface area contributed by atoms with Crippen molar-refractivity contribution in [1.82, 2.24) is 0 Å². The van der Waals surface area contributed by atoms with Crippen LogP contribution in [0.15, 0.2) is 36.9 Å². The number of carbonyl (C=O) groups is 1. The van der Waals surface area contributed by atoms with Gasteiger partial charge in [0, 0.05) is 0 Å². The van der Waals surface area contributed by atoms with Crippen LogP contribution in [-0.2, 0) is 16.0 Å². The molecule has 5 heteroatoms. The number of ether oxygens (including phenoxy) is 1. The van der Waals surface area contributed by atoms with Crippen molar-refractivity contribution in [2.75, 3.05) is 6.61 Å². The molecule has 17 heavy (non-hydrogen) atoms. The third-order valence-electron chi connectivity index (χ3n) is 2.04. The van der Waals surface area contributed by atoms with Gasteiger partial charge in [0.25, 0.3) is 0 Å². The third-order valence-corrected chi connectivity index (χ3v) is 2.04. The first-order valence-corrected chi connectivity index (χ1v) is 4.94. The molecule has 0 amide bonds. The van der Waals surface area contributed by atoms with E-state index in [4.69, 9.17) is 15.6 Å². The number of benzene rings is 1. The van der Waals surface area contributed by atoms with Crippen LogP contribution in [0.4, 0.5) is 0 Å². The molecule has 1 atom stereocenters. The van der Waals surface area contributed by atoms with Gasteiger partial charge in [-0.1, -0.05) is 24.8 Å². The van der Waals surface area contributed by atoms with E-state index in [1.807, 2.05) is 0 Å². The van der Waals surface area contributed by atoms with Gasteiger partial charge in [0.2, 0.25) is 0 Å². The second-order valence-corrected chi connectivity index (χ2v) is 3.40. The molecule has 0 saturated heterocycles. The van der Waals surface area contributed by atoms with Crippen molar-refractivity contribution in [1.29, 1.82) is 0 Å². The van der Waals surface area contributed by atoms with Crippen LogP contribution in [0.3, 0.4) is 0 Å². The summed E-state index contributed by atoms with van der Waals surface area (Å²) in [6, 6.07) is 5.85. The molecule has 0 unspecified atom stereocenters.